The van der Waals surface area contributed by atoms with Gasteiger partial charge in [-0.1, -0.05) is 18.2 Å². The second-order valence-electron chi connectivity index (χ2n) is 5.14. The molecule has 4 heteroatoms. The van der Waals surface area contributed by atoms with E-state index in [2.05, 4.69) is 23.3 Å². The Bertz CT molecular complexity index is 790. The van der Waals surface area contributed by atoms with Crippen LogP contribution in [0.3, 0.4) is 0 Å². The average Bonchev–Trinajstić information content (AvgIpc) is 2.85. The Kier molecular flexibility index (Phi) is 3.44. The largest absolute Gasteiger partial charge is 0.347 e. The molecule has 0 aliphatic heterocycles. The summed E-state index contributed by atoms with van der Waals surface area (Å²) in [5, 5.41) is 4.05. The molecule has 0 aliphatic rings. The molecule has 1 N–H and O–H groups in total. The minimum atomic E-state index is -0.0723. The molecule has 1 aromatic carbocycles. The number of fused-ring (bicyclic) bond motifs is 1. The zero-order valence-corrected chi connectivity index (χ0v) is 12.1. The molecular weight excluding hydrogens is 262 g/mol. The van der Waals surface area contributed by atoms with Crippen molar-refractivity contribution in [3.05, 3.63) is 65.6 Å². The van der Waals surface area contributed by atoms with Gasteiger partial charge in [0.05, 0.1) is 0 Å². The SMILES string of the molecule is Cc1cccc2c1cc(C(=O)NCc1cccnc1)n2C. The van der Waals surface area contributed by atoms with Gasteiger partial charge >= 0.3 is 0 Å². The van der Waals surface area contributed by atoms with Crippen molar-refractivity contribution < 1.29 is 4.79 Å². The van der Waals surface area contributed by atoms with Crippen LogP contribution >= 0.6 is 0 Å². The van der Waals surface area contributed by atoms with E-state index in [-0.39, 0.29) is 5.91 Å². The van der Waals surface area contributed by atoms with Gasteiger partial charge in [0.1, 0.15) is 5.69 Å². The Balaban J connectivity index is 1.85. The molecule has 0 radical (unpaired) electrons. The summed E-state index contributed by atoms with van der Waals surface area (Å²) in [7, 11) is 1.92. The fourth-order valence-electron chi connectivity index (χ4n) is 2.50. The van der Waals surface area contributed by atoms with Crippen molar-refractivity contribution in [3.63, 3.8) is 0 Å². The zero-order valence-electron chi connectivity index (χ0n) is 12.1. The van der Waals surface area contributed by atoms with E-state index >= 15 is 0 Å². The van der Waals surface area contributed by atoms with Crippen LogP contribution in [0.5, 0.6) is 0 Å². The van der Waals surface area contributed by atoms with E-state index < -0.39 is 0 Å². The summed E-state index contributed by atoms with van der Waals surface area (Å²) in [5.41, 5.74) is 3.90. The van der Waals surface area contributed by atoms with E-state index in [0.717, 1.165) is 16.5 Å². The number of pyridine rings is 1. The number of hydrogen-bond acceptors (Lipinski definition) is 2. The monoisotopic (exact) mass is 279 g/mol. The summed E-state index contributed by atoms with van der Waals surface area (Å²) in [6, 6.07) is 11.8. The number of nitrogens with one attached hydrogen (secondary N) is 1. The summed E-state index contributed by atoms with van der Waals surface area (Å²) in [6.45, 7) is 2.53. The van der Waals surface area contributed by atoms with Crippen LogP contribution in [-0.4, -0.2) is 15.5 Å². The quantitative estimate of drug-likeness (QED) is 0.801. The number of amides is 1. The molecule has 21 heavy (non-hydrogen) atoms. The lowest BCUT2D eigenvalue weighted by molar-refractivity contribution is 0.0943. The molecular formula is C17H17N3O. The fraction of sp³-hybridized carbons (Fsp3) is 0.176. The number of carbonyl (C=O) groups is 1. The summed E-state index contributed by atoms with van der Waals surface area (Å²) in [6.07, 6.45) is 3.48. The first-order valence-electron chi connectivity index (χ1n) is 6.89. The van der Waals surface area contributed by atoms with Gasteiger partial charge < -0.3 is 9.88 Å². The van der Waals surface area contributed by atoms with E-state index in [1.807, 2.05) is 41.9 Å². The van der Waals surface area contributed by atoms with Gasteiger partial charge in [-0.25, -0.2) is 0 Å². The Morgan fingerprint density at radius 2 is 2.14 bits per heavy atom. The molecule has 3 aromatic rings. The molecule has 0 fully saturated rings. The minimum Gasteiger partial charge on any atom is -0.347 e. The van der Waals surface area contributed by atoms with Crippen LogP contribution in [0.15, 0.2) is 48.8 Å². The van der Waals surface area contributed by atoms with Crippen molar-refractivity contribution in [2.45, 2.75) is 13.5 Å². The third-order valence-corrected chi connectivity index (χ3v) is 3.71. The maximum Gasteiger partial charge on any atom is 0.268 e. The number of carbonyl (C=O) groups excluding carboxylic acids is 1. The Morgan fingerprint density at radius 3 is 2.86 bits per heavy atom. The van der Waals surface area contributed by atoms with Gasteiger partial charge in [-0.05, 0) is 36.2 Å². The van der Waals surface area contributed by atoms with Crippen LogP contribution in [0.4, 0.5) is 0 Å². The number of nitrogens with zero attached hydrogens (tertiary/aromatic N) is 2. The van der Waals surface area contributed by atoms with Crippen LogP contribution in [-0.2, 0) is 13.6 Å². The van der Waals surface area contributed by atoms with Gasteiger partial charge in [0.15, 0.2) is 0 Å². The molecule has 0 spiro atoms. The highest BCUT2D eigenvalue weighted by atomic mass is 16.1. The van der Waals surface area contributed by atoms with Crippen molar-refractivity contribution in [3.8, 4) is 0 Å². The van der Waals surface area contributed by atoms with Crippen LogP contribution in [0.1, 0.15) is 21.6 Å². The van der Waals surface area contributed by atoms with Crippen molar-refractivity contribution in [2.75, 3.05) is 0 Å². The number of benzene rings is 1. The maximum absolute atomic E-state index is 12.4. The second kappa shape index (κ2) is 5.40. The molecule has 106 valence electrons. The normalized spacial score (nSPS) is 10.8. The predicted molar refractivity (Wildman–Crippen MR) is 83.1 cm³/mol. The molecule has 4 nitrogen and oxygen atoms in total. The Morgan fingerprint density at radius 1 is 1.29 bits per heavy atom. The van der Waals surface area contributed by atoms with E-state index in [1.165, 1.54) is 5.56 Å². The van der Waals surface area contributed by atoms with Gasteiger partial charge in [0.25, 0.3) is 5.91 Å². The third kappa shape index (κ3) is 2.52. The molecule has 0 aliphatic carbocycles. The highest BCUT2D eigenvalue weighted by Crippen LogP contribution is 2.22. The number of hydrogen-bond donors (Lipinski definition) is 1. The molecule has 1 amide bonds. The molecule has 2 heterocycles. The molecule has 0 saturated heterocycles. The molecule has 0 atom stereocenters. The highest BCUT2D eigenvalue weighted by Gasteiger charge is 2.13. The first kappa shape index (κ1) is 13.4. The van der Waals surface area contributed by atoms with Crippen LogP contribution in [0.25, 0.3) is 10.9 Å². The second-order valence-corrected chi connectivity index (χ2v) is 5.14. The van der Waals surface area contributed by atoms with E-state index in [4.69, 9.17) is 0 Å². The summed E-state index contributed by atoms with van der Waals surface area (Å²) in [5.74, 6) is -0.0723. The maximum atomic E-state index is 12.4. The van der Waals surface area contributed by atoms with E-state index in [9.17, 15) is 4.79 Å². The van der Waals surface area contributed by atoms with Crippen LogP contribution in [0, 0.1) is 6.92 Å². The van der Waals surface area contributed by atoms with Crippen molar-refractivity contribution in [1.82, 2.24) is 14.9 Å². The topological polar surface area (TPSA) is 46.9 Å². The zero-order chi connectivity index (χ0) is 14.8. The van der Waals surface area contributed by atoms with Gasteiger partial charge in [-0.15, -0.1) is 0 Å². The first-order chi connectivity index (χ1) is 10.2. The summed E-state index contributed by atoms with van der Waals surface area (Å²) in [4.78, 5) is 16.4. The lowest BCUT2D eigenvalue weighted by atomic mass is 10.1. The van der Waals surface area contributed by atoms with Crippen molar-refractivity contribution >= 4 is 16.8 Å². The van der Waals surface area contributed by atoms with Gasteiger partial charge in [0, 0.05) is 36.9 Å². The minimum absolute atomic E-state index is 0.0723. The smallest absolute Gasteiger partial charge is 0.268 e. The van der Waals surface area contributed by atoms with Crippen LogP contribution < -0.4 is 5.32 Å². The predicted octanol–water partition coefficient (Wildman–Crippen LogP) is 2.81. The number of aryl methyl sites for hydroxylation is 2. The van der Waals surface area contributed by atoms with Gasteiger partial charge in [-0.3, -0.25) is 9.78 Å². The molecule has 2 aromatic heterocycles. The number of rotatable bonds is 3. The fourth-order valence-corrected chi connectivity index (χ4v) is 2.50. The first-order valence-corrected chi connectivity index (χ1v) is 6.89. The van der Waals surface area contributed by atoms with E-state index in [0.29, 0.717) is 12.2 Å². The lowest BCUT2D eigenvalue weighted by Crippen LogP contribution is -2.24. The van der Waals surface area contributed by atoms with Gasteiger partial charge in [-0.2, -0.15) is 0 Å². The molecule has 3 rings (SSSR count). The summed E-state index contributed by atoms with van der Waals surface area (Å²) < 4.78 is 1.93. The standard InChI is InChI=1S/C17H17N3O/c1-12-5-3-7-15-14(12)9-16(20(15)2)17(21)19-11-13-6-4-8-18-10-13/h3-10H,11H2,1-2H3,(H,19,21). The van der Waals surface area contributed by atoms with Crippen LogP contribution in [0.2, 0.25) is 0 Å². The molecule has 0 bridgehead atoms. The van der Waals surface area contributed by atoms with Crippen molar-refractivity contribution in [2.24, 2.45) is 7.05 Å². The lowest BCUT2D eigenvalue weighted by Gasteiger charge is -2.06. The molecule has 0 saturated carbocycles. The third-order valence-electron chi connectivity index (χ3n) is 3.71. The average molecular weight is 279 g/mol. The summed E-state index contributed by atoms with van der Waals surface area (Å²) >= 11 is 0. The van der Waals surface area contributed by atoms with Crippen molar-refractivity contribution in [1.29, 1.82) is 0 Å². The number of aromatic nitrogens is 2. The Hall–Kier alpha value is -2.62. The Labute approximate surface area is 123 Å². The highest BCUT2D eigenvalue weighted by molar-refractivity contribution is 5.99. The van der Waals surface area contributed by atoms with Gasteiger partial charge in [0.2, 0.25) is 0 Å². The van der Waals surface area contributed by atoms with E-state index in [1.54, 1.807) is 12.4 Å². The molecule has 0 unspecified atom stereocenters.